The zero-order valence-electron chi connectivity index (χ0n) is 19.3. The highest BCUT2D eigenvalue weighted by molar-refractivity contribution is 5.91. The molecule has 2 N–H and O–H groups in total. The lowest BCUT2D eigenvalue weighted by atomic mass is 10.2. The number of hydrogen-bond donors (Lipinski definition) is 2. The van der Waals surface area contributed by atoms with Gasteiger partial charge in [-0.2, -0.15) is 4.52 Å². The van der Waals surface area contributed by atoms with Crippen molar-refractivity contribution in [3.8, 4) is 23.0 Å². The van der Waals surface area contributed by atoms with Crippen LogP contribution < -0.4 is 29.6 Å². The molecule has 5 rings (SSSR count). The summed E-state index contributed by atoms with van der Waals surface area (Å²) < 4.78 is 22.9. The summed E-state index contributed by atoms with van der Waals surface area (Å²) in [5, 5.41) is 19.1. The van der Waals surface area contributed by atoms with Crippen LogP contribution in [-0.4, -0.2) is 46.7 Å². The van der Waals surface area contributed by atoms with Gasteiger partial charge < -0.3 is 29.6 Å². The first-order valence-corrected chi connectivity index (χ1v) is 11.0. The molecule has 2 aromatic carbocycles. The maximum absolute atomic E-state index is 12.5. The number of carbonyl (C=O) groups excluding carboxylic acids is 1. The molecule has 1 aliphatic heterocycles. The van der Waals surface area contributed by atoms with E-state index >= 15 is 0 Å². The quantitative estimate of drug-likeness (QED) is 0.375. The van der Waals surface area contributed by atoms with E-state index in [4.69, 9.17) is 18.9 Å². The first kappa shape index (κ1) is 22.3. The van der Waals surface area contributed by atoms with Crippen molar-refractivity contribution in [2.24, 2.45) is 0 Å². The molecule has 1 aliphatic rings. The molecule has 0 unspecified atom stereocenters. The summed E-state index contributed by atoms with van der Waals surface area (Å²) in [6.07, 6.45) is 0.573. The minimum atomic E-state index is -0.172. The highest BCUT2D eigenvalue weighted by Crippen LogP contribution is 2.32. The van der Waals surface area contributed by atoms with Crippen LogP contribution in [0.4, 0.5) is 11.5 Å². The van der Waals surface area contributed by atoms with Crippen LogP contribution in [0.1, 0.15) is 17.8 Å². The molecule has 3 heterocycles. The molecule has 0 aliphatic carbocycles. The summed E-state index contributed by atoms with van der Waals surface area (Å²) >= 11 is 0. The maximum Gasteiger partial charge on any atom is 0.231 e. The molecule has 4 aromatic rings. The Morgan fingerprint density at radius 1 is 1.00 bits per heavy atom. The monoisotopic (exact) mass is 476 g/mol. The smallest absolute Gasteiger partial charge is 0.231 e. The second-order valence-electron chi connectivity index (χ2n) is 7.80. The number of carbonyl (C=O) groups is 1. The number of benzene rings is 2. The number of aromatic nitrogens is 4. The second-order valence-corrected chi connectivity index (χ2v) is 7.80. The molecular weight excluding hydrogens is 452 g/mol. The third-order valence-electron chi connectivity index (χ3n) is 5.45. The molecule has 0 fully saturated rings. The summed E-state index contributed by atoms with van der Waals surface area (Å²) in [5.74, 6) is 3.74. The predicted molar refractivity (Wildman–Crippen MR) is 127 cm³/mol. The predicted octanol–water partition coefficient (Wildman–Crippen LogP) is 3.05. The zero-order chi connectivity index (χ0) is 24.2. The molecule has 0 atom stereocenters. The Labute approximate surface area is 201 Å². The lowest BCUT2D eigenvalue weighted by molar-refractivity contribution is -0.116. The van der Waals surface area contributed by atoms with Gasteiger partial charge in [0.2, 0.25) is 12.7 Å². The van der Waals surface area contributed by atoms with Crippen molar-refractivity contribution in [2.45, 2.75) is 19.4 Å². The number of anilines is 2. The van der Waals surface area contributed by atoms with E-state index in [1.54, 1.807) is 36.9 Å². The molecule has 1 amide bonds. The number of ether oxygens (including phenoxy) is 4. The fourth-order valence-corrected chi connectivity index (χ4v) is 3.66. The topological polar surface area (TPSA) is 121 Å². The largest absolute Gasteiger partial charge is 0.497 e. The second kappa shape index (κ2) is 9.75. The van der Waals surface area contributed by atoms with Crippen molar-refractivity contribution in [3.05, 3.63) is 59.9 Å². The van der Waals surface area contributed by atoms with Crippen LogP contribution in [0.5, 0.6) is 23.0 Å². The van der Waals surface area contributed by atoms with Gasteiger partial charge >= 0.3 is 0 Å². The Morgan fingerprint density at radius 2 is 1.80 bits per heavy atom. The number of methoxy groups -OCH3 is 2. The molecule has 0 saturated carbocycles. The van der Waals surface area contributed by atoms with Crippen LogP contribution in [0.2, 0.25) is 0 Å². The fraction of sp³-hybridized carbons (Fsp3) is 0.250. The number of nitrogens with zero attached hydrogens (tertiary/aromatic N) is 4. The third kappa shape index (κ3) is 5.03. The van der Waals surface area contributed by atoms with Crippen molar-refractivity contribution in [3.63, 3.8) is 0 Å². The lowest BCUT2D eigenvalue weighted by Gasteiger charge is -2.10. The van der Waals surface area contributed by atoms with Crippen molar-refractivity contribution in [2.75, 3.05) is 31.6 Å². The van der Waals surface area contributed by atoms with E-state index in [0.29, 0.717) is 47.4 Å². The molecule has 2 aromatic heterocycles. The average Bonchev–Trinajstić information content (AvgIpc) is 3.52. The van der Waals surface area contributed by atoms with E-state index in [1.165, 1.54) is 0 Å². The van der Waals surface area contributed by atoms with Gasteiger partial charge in [-0.05, 0) is 29.8 Å². The van der Waals surface area contributed by atoms with Crippen molar-refractivity contribution >= 4 is 23.1 Å². The van der Waals surface area contributed by atoms with Gasteiger partial charge in [0.15, 0.2) is 23.0 Å². The minimum absolute atomic E-state index is 0.172. The van der Waals surface area contributed by atoms with E-state index in [2.05, 4.69) is 25.9 Å². The van der Waals surface area contributed by atoms with Gasteiger partial charge in [0.05, 0.1) is 14.2 Å². The maximum atomic E-state index is 12.5. The van der Waals surface area contributed by atoms with E-state index < -0.39 is 0 Å². The summed E-state index contributed by atoms with van der Waals surface area (Å²) in [6.45, 7) is 0.797. The van der Waals surface area contributed by atoms with Gasteiger partial charge in [-0.3, -0.25) is 4.79 Å². The Morgan fingerprint density at radius 3 is 2.60 bits per heavy atom. The van der Waals surface area contributed by atoms with Crippen LogP contribution in [0.25, 0.3) is 5.65 Å². The van der Waals surface area contributed by atoms with Crippen molar-refractivity contribution < 1.29 is 23.7 Å². The van der Waals surface area contributed by atoms with E-state index in [1.807, 2.05) is 30.3 Å². The fourth-order valence-electron chi connectivity index (χ4n) is 3.66. The Balaban J connectivity index is 1.22. The number of amides is 1. The normalized spacial score (nSPS) is 11.9. The molecule has 11 nitrogen and oxygen atoms in total. The lowest BCUT2D eigenvalue weighted by Crippen LogP contribution is -2.14. The van der Waals surface area contributed by atoms with Crippen molar-refractivity contribution in [1.29, 1.82) is 0 Å². The van der Waals surface area contributed by atoms with Gasteiger partial charge in [0, 0.05) is 43.3 Å². The first-order chi connectivity index (χ1) is 17.1. The number of rotatable bonds is 9. The van der Waals surface area contributed by atoms with Crippen LogP contribution in [0.3, 0.4) is 0 Å². The Kier molecular flexibility index (Phi) is 6.20. The standard InChI is InChI=1S/C24H24N6O5/c1-32-17-10-16(11-18(12-17)33-2)26-24(31)8-7-23-28-27-22-6-5-21(29-30(22)23)25-13-15-3-4-19-20(9-15)35-14-34-19/h3-6,9-12H,7-8,13-14H2,1-2H3,(H,25,29)(H,26,31). The SMILES string of the molecule is COc1cc(NC(=O)CCc2nnc3ccc(NCc4ccc5c(c4)OCO5)nn23)cc(OC)c1. The van der Waals surface area contributed by atoms with Crippen LogP contribution in [0.15, 0.2) is 48.5 Å². The van der Waals surface area contributed by atoms with Crippen LogP contribution in [-0.2, 0) is 17.8 Å². The molecular formula is C24H24N6O5. The van der Waals surface area contributed by atoms with Gasteiger partial charge in [-0.1, -0.05) is 6.07 Å². The van der Waals surface area contributed by atoms with E-state index in [0.717, 1.165) is 17.1 Å². The number of nitrogens with one attached hydrogen (secondary N) is 2. The molecule has 0 saturated heterocycles. The van der Waals surface area contributed by atoms with E-state index in [9.17, 15) is 4.79 Å². The Bertz CT molecular complexity index is 1350. The summed E-state index contributed by atoms with van der Waals surface area (Å²) in [4.78, 5) is 12.5. The molecule has 35 heavy (non-hydrogen) atoms. The molecule has 11 heteroatoms. The van der Waals surface area contributed by atoms with Gasteiger partial charge in [0.1, 0.15) is 17.3 Å². The van der Waals surface area contributed by atoms with Crippen molar-refractivity contribution in [1.82, 2.24) is 19.8 Å². The molecule has 0 bridgehead atoms. The first-order valence-electron chi connectivity index (χ1n) is 11.0. The summed E-state index contributed by atoms with van der Waals surface area (Å²) in [5.41, 5.74) is 2.22. The van der Waals surface area contributed by atoms with E-state index in [-0.39, 0.29) is 19.1 Å². The zero-order valence-corrected chi connectivity index (χ0v) is 19.3. The summed E-state index contributed by atoms with van der Waals surface area (Å²) in [7, 11) is 3.12. The van der Waals surface area contributed by atoms with Crippen LogP contribution >= 0.6 is 0 Å². The van der Waals surface area contributed by atoms with Gasteiger partial charge in [-0.15, -0.1) is 15.3 Å². The Hall–Kier alpha value is -4.54. The van der Waals surface area contributed by atoms with Gasteiger partial charge in [0.25, 0.3) is 0 Å². The minimum Gasteiger partial charge on any atom is -0.497 e. The highest BCUT2D eigenvalue weighted by Gasteiger charge is 2.14. The molecule has 180 valence electrons. The van der Waals surface area contributed by atoms with Gasteiger partial charge in [-0.25, -0.2) is 0 Å². The number of hydrogen-bond acceptors (Lipinski definition) is 9. The number of aryl methyl sites for hydroxylation is 1. The molecule has 0 radical (unpaired) electrons. The number of fused-ring (bicyclic) bond motifs is 2. The average molecular weight is 476 g/mol. The highest BCUT2D eigenvalue weighted by atomic mass is 16.7. The summed E-state index contributed by atoms with van der Waals surface area (Å²) in [6, 6.07) is 14.7. The third-order valence-corrected chi connectivity index (χ3v) is 5.45. The van der Waals surface area contributed by atoms with Crippen LogP contribution in [0, 0.1) is 0 Å². The molecule has 0 spiro atoms.